The number of imidazole rings is 1. The van der Waals surface area contributed by atoms with Gasteiger partial charge in [0.25, 0.3) is 21.8 Å². The van der Waals surface area contributed by atoms with E-state index in [2.05, 4.69) is 15.6 Å². The number of hydrogen-bond acceptors (Lipinski definition) is 6. The minimum absolute atomic E-state index is 0.0106. The highest BCUT2D eigenvalue weighted by atomic mass is 32.2. The first-order valence-corrected chi connectivity index (χ1v) is 9.48. The van der Waals surface area contributed by atoms with Crippen LogP contribution >= 0.6 is 0 Å². The third-order valence-corrected chi connectivity index (χ3v) is 5.10. The van der Waals surface area contributed by atoms with Gasteiger partial charge < -0.3 is 15.2 Å². The molecule has 1 aliphatic heterocycles. The molecule has 2 aromatic rings. The number of nitrogens with one attached hydrogen (secondary N) is 3. The molecule has 3 N–H and O–H groups in total. The molecule has 0 spiro atoms. The number of carbonyl (C=O) groups excluding carboxylic acids is 3. The maximum Gasteiger partial charge on any atom is 0.283 e. The number of rotatable bonds is 4. The lowest BCUT2D eigenvalue weighted by molar-refractivity contribution is -0.115. The van der Waals surface area contributed by atoms with Crippen LogP contribution in [0.3, 0.4) is 0 Å². The van der Waals surface area contributed by atoms with Crippen LogP contribution in [-0.4, -0.2) is 42.2 Å². The molecule has 142 valence electrons. The zero-order valence-electron chi connectivity index (χ0n) is 14.5. The molecule has 10 nitrogen and oxygen atoms in total. The third kappa shape index (κ3) is 3.82. The summed E-state index contributed by atoms with van der Waals surface area (Å²) >= 11 is 0. The van der Waals surface area contributed by atoms with Gasteiger partial charge in [-0.05, 0) is 32.0 Å². The molecule has 0 saturated heterocycles. The molecule has 0 unspecified atom stereocenters. The fraction of sp³-hybridized carbons (Fsp3) is 0.250. The molecular weight excluding hydrogens is 374 g/mol. The van der Waals surface area contributed by atoms with E-state index in [9.17, 15) is 22.8 Å². The SMILES string of the molecule is CC(C)n1cnc(S(=O)(=O)NC(=O)c2ccc3c(c2)NC(=O)CNC3=O)c1. The molecule has 0 radical (unpaired) electrons. The zero-order chi connectivity index (χ0) is 19.8. The van der Waals surface area contributed by atoms with E-state index in [1.54, 1.807) is 4.57 Å². The molecule has 2 heterocycles. The van der Waals surface area contributed by atoms with Crippen LogP contribution in [-0.2, 0) is 14.8 Å². The number of fused-ring (bicyclic) bond motifs is 1. The van der Waals surface area contributed by atoms with Crippen LogP contribution in [0.4, 0.5) is 5.69 Å². The lowest BCUT2D eigenvalue weighted by Crippen LogP contribution is -2.31. The second-order valence-corrected chi connectivity index (χ2v) is 7.81. The summed E-state index contributed by atoms with van der Waals surface area (Å²) in [7, 11) is -4.17. The number of aromatic nitrogens is 2. The standard InChI is InChI=1S/C16H17N5O5S/c1-9(2)21-7-14(18-8-21)27(25,26)20-15(23)10-3-4-11-12(5-10)19-13(22)6-17-16(11)24/h3-5,7-9H,6H2,1-2H3,(H,17,24)(H,19,22)(H,20,23). The fourth-order valence-corrected chi connectivity index (χ4v) is 3.32. The molecule has 27 heavy (non-hydrogen) atoms. The predicted octanol–water partition coefficient (Wildman–Crippen LogP) is 0.265. The first kappa shape index (κ1) is 18.6. The summed E-state index contributed by atoms with van der Waals surface area (Å²) < 4.78 is 28.2. The van der Waals surface area contributed by atoms with Crippen LogP contribution in [0.2, 0.25) is 0 Å². The second kappa shape index (κ2) is 6.83. The van der Waals surface area contributed by atoms with Crippen molar-refractivity contribution in [3.63, 3.8) is 0 Å². The van der Waals surface area contributed by atoms with Gasteiger partial charge in [-0.2, -0.15) is 8.42 Å². The van der Waals surface area contributed by atoms with E-state index in [0.29, 0.717) is 0 Å². The van der Waals surface area contributed by atoms with Crippen molar-refractivity contribution in [3.8, 4) is 0 Å². The molecule has 11 heteroatoms. The first-order valence-electron chi connectivity index (χ1n) is 8.00. The number of sulfonamides is 1. The maximum absolute atomic E-state index is 12.4. The molecule has 0 aliphatic carbocycles. The minimum Gasteiger partial charge on any atom is -0.343 e. The van der Waals surface area contributed by atoms with E-state index < -0.39 is 27.7 Å². The summed E-state index contributed by atoms with van der Waals surface area (Å²) in [6, 6.07) is 3.89. The van der Waals surface area contributed by atoms with Crippen molar-refractivity contribution in [2.45, 2.75) is 24.9 Å². The summed E-state index contributed by atoms with van der Waals surface area (Å²) in [6.45, 7) is 3.52. The summed E-state index contributed by atoms with van der Waals surface area (Å²) in [6.07, 6.45) is 2.68. The summed E-state index contributed by atoms with van der Waals surface area (Å²) in [5.41, 5.74) is 0.274. The number of hydrogen-bond donors (Lipinski definition) is 3. The first-order chi connectivity index (χ1) is 12.7. The Morgan fingerprint density at radius 3 is 2.70 bits per heavy atom. The average Bonchev–Trinajstić information content (AvgIpc) is 3.05. The normalized spacial score (nSPS) is 14.2. The molecule has 0 fully saturated rings. The van der Waals surface area contributed by atoms with Gasteiger partial charge in [0.15, 0.2) is 5.03 Å². The summed E-state index contributed by atoms with van der Waals surface area (Å²) in [4.78, 5) is 39.7. The van der Waals surface area contributed by atoms with Gasteiger partial charge in [-0.3, -0.25) is 14.4 Å². The predicted molar refractivity (Wildman–Crippen MR) is 94.7 cm³/mol. The molecule has 0 bridgehead atoms. The van der Waals surface area contributed by atoms with E-state index in [1.807, 2.05) is 18.6 Å². The van der Waals surface area contributed by atoms with Crippen LogP contribution in [0.5, 0.6) is 0 Å². The maximum atomic E-state index is 12.4. The van der Waals surface area contributed by atoms with Crippen molar-refractivity contribution in [3.05, 3.63) is 41.9 Å². The van der Waals surface area contributed by atoms with Crippen LogP contribution in [0.15, 0.2) is 35.7 Å². The fourth-order valence-electron chi connectivity index (χ4n) is 2.41. The monoisotopic (exact) mass is 391 g/mol. The number of anilines is 1. The molecule has 0 saturated carbocycles. The van der Waals surface area contributed by atoms with E-state index >= 15 is 0 Å². The van der Waals surface area contributed by atoms with E-state index in [0.717, 1.165) is 0 Å². The third-order valence-electron chi connectivity index (χ3n) is 3.89. The van der Waals surface area contributed by atoms with Crippen molar-refractivity contribution in [2.24, 2.45) is 0 Å². The van der Waals surface area contributed by atoms with Gasteiger partial charge >= 0.3 is 0 Å². The zero-order valence-corrected chi connectivity index (χ0v) is 15.3. The van der Waals surface area contributed by atoms with Crippen molar-refractivity contribution in [1.29, 1.82) is 0 Å². The second-order valence-electron chi connectivity index (χ2n) is 6.18. The van der Waals surface area contributed by atoms with Crippen molar-refractivity contribution in [1.82, 2.24) is 19.6 Å². The van der Waals surface area contributed by atoms with Gasteiger partial charge in [-0.15, -0.1) is 0 Å². The van der Waals surface area contributed by atoms with Gasteiger partial charge in [0.1, 0.15) is 0 Å². The Hall–Kier alpha value is -3.21. The van der Waals surface area contributed by atoms with Gasteiger partial charge in [0, 0.05) is 17.8 Å². The Morgan fingerprint density at radius 1 is 1.30 bits per heavy atom. The Labute approximate surface area is 155 Å². The lowest BCUT2D eigenvalue weighted by Gasteiger charge is -2.09. The molecule has 3 amide bonds. The molecule has 1 aromatic heterocycles. The Morgan fingerprint density at radius 2 is 2.04 bits per heavy atom. The van der Waals surface area contributed by atoms with Gasteiger partial charge in [0.05, 0.1) is 24.1 Å². The largest absolute Gasteiger partial charge is 0.343 e. The number of amides is 3. The highest BCUT2D eigenvalue weighted by Crippen LogP contribution is 2.20. The smallest absolute Gasteiger partial charge is 0.283 e. The van der Waals surface area contributed by atoms with Gasteiger partial charge in [-0.1, -0.05) is 0 Å². The number of nitrogens with zero attached hydrogens (tertiary/aromatic N) is 2. The van der Waals surface area contributed by atoms with Gasteiger partial charge in [0.2, 0.25) is 5.91 Å². The topological polar surface area (TPSA) is 139 Å². The van der Waals surface area contributed by atoms with E-state index in [1.165, 1.54) is 30.7 Å². The van der Waals surface area contributed by atoms with Crippen molar-refractivity contribution >= 4 is 33.4 Å². The van der Waals surface area contributed by atoms with E-state index in [4.69, 9.17) is 0 Å². The highest BCUT2D eigenvalue weighted by molar-refractivity contribution is 7.90. The highest BCUT2D eigenvalue weighted by Gasteiger charge is 2.24. The van der Waals surface area contributed by atoms with Crippen LogP contribution in [0.25, 0.3) is 0 Å². The van der Waals surface area contributed by atoms with Gasteiger partial charge in [-0.25, -0.2) is 9.71 Å². The number of benzene rings is 1. The molecule has 3 rings (SSSR count). The quantitative estimate of drug-likeness (QED) is 0.683. The Balaban J connectivity index is 1.85. The summed E-state index contributed by atoms with van der Waals surface area (Å²) in [5, 5.41) is 4.62. The van der Waals surface area contributed by atoms with Crippen LogP contribution in [0.1, 0.15) is 40.6 Å². The minimum atomic E-state index is -4.17. The molecule has 1 aromatic carbocycles. The Kier molecular flexibility index (Phi) is 4.70. The lowest BCUT2D eigenvalue weighted by atomic mass is 10.1. The molecule has 0 atom stereocenters. The average molecular weight is 391 g/mol. The molecular formula is C16H17N5O5S. The molecule has 1 aliphatic rings. The van der Waals surface area contributed by atoms with Crippen LogP contribution in [0, 0.1) is 0 Å². The Bertz CT molecular complexity index is 1040. The van der Waals surface area contributed by atoms with E-state index in [-0.39, 0.29) is 34.4 Å². The van der Waals surface area contributed by atoms with Crippen molar-refractivity contribution < 1.29 is 22.8 Å². The van der Waals surface area contributed by atoms with Crippen molar-refractivity contribution in [2.75, 3.05) is 11.9 Å². The number of carbonyl (C=O) groups is 3. The summed E-state index contributed by atoms with van der Waals surface area (Å²) in [5.74, 6) is -1.83. The van der Waals surface area contributed by atoms with Crippen LogP contribution < -0.4 is 15.4 Å².